The summed E-state index contributed by atoms with van der Waals surface area (Å²) >= 11 is 0. The third-order valence-electron chi connectivity index (χ3n) is 7.95. The topological polar surface area (TPSA) is 20.2 Å². The van der Waals surface area contributed by atoms with Crippen molar-refractivity contribution in [1.29, 1.82) is 0 Å². The Morgan fingerprint density at radius 2 is 1.85 bits per heavy atom. The van der Waals surface area contributed by atoms with Crippen LogP contribution in [0.25, 0.3) is 0 Å². The summed E-state index contributed by atoms with van der Waals surface area (Å²) in [6, 6.07) is 0. The monoisotopic (exact) mass is 274 g/mol. The largest absolute Gasteiger partial charge is 0.389 e. The summed E-state index contributed by atoms with van der Waals surface area (Å²) in [7, 11) is 0. The van der Waals surface area contributed by atoms with Gasteiger partial charge >= 0.3 is 0 Å². The highest BCUT2D eigenvalue weighted by Crippen LogP contribution is 2.65. The molecular formula is C19H30O. The predicted octanol–water partition coefficient (Wildman–Crippen LogP) is 4.56. The van der Waals surface area contributed by atoms with Crippen LogP contribution in [0.3, 0.4) is 0 Å². The Morgan fingerprint density at radius 1 is 1.00 bits per heavy atom. The molecule has 3 saturated carbocycles. The molecular weight excluding hydrogens is 244 g/mol. The third-order valence-corrected chi connectivity index (χ3v) is 7.95. The molecule has 7 atom stereocenters. The molecule has 0 aromatic rings. The maximum Gasteiger partial charge on any atom is 0.0724 e. The molecule has 4 rings (SSSR count). The fourth-order valence-electron chi connectivity index (χ4n) is 6.78. The highest BCUT2D eigenvalue weighted by Gasteiger charge is 2.56. The first-order chi connectivity index (χ1) is 9.53. The minimum Gasteiger partial charge on any atom is -0.389 e. The summed E-state index contributed by atoms with van der Waals surface area (Å²) in [6.45, 7) is 5.09. The van der Waals surface area contributed by atoms with Crippen LogP contribution in [0.1, 0.15) is 65.2 Å². The van der Waals surface area contributed by atoms with Gasteiger partial charge in [0.15, 0.2) is 0 Å². The van der Waals surface area contributed by atoms with Crippen molar-refractivity contribution in [2.45, 2.75) is 71.3 Å². The molecule has 0 saturated heterocycles. The van der Waals surface area contributed by atoms with Crippen molar-refractivity contribution in [1.82, 2.24) is 0 Å². The Morgan fingerprint density at radius 3 is 2.70 bits per heavy atom. The van der Waals surface area contributed by atoms with Gasteiger partial charge in [0.05, 0.1) is 6.10 Å². The summed E-state index contributed by atoms with van der Waals surface area (Å²) < 4.78 is 0. The fraction of sp³-hybridized carbons (Fsp3) is 0.895. The first kappa shape index (κ1) is 13.4. The first-order valence-electron chi connectivity index (χ1n) is 8.90. The van der Waals surface area contributed by atoms with Gasteiger partial charge in [-0.05, 0) is 79.4 Å². The summed E-state index contributed by atoms with van der Waals surface area (Å²) in [5, 5.41) is 9.96. The lowest BCUT2D eigenvalue weighted by atomic mass is 9.46. The molecule has 0 aromatic heterocycles. The van der Waals surface area contributed by atoms with E-state index < -0.39 is 0 Å². The molecule has 0 aliphatic heterocycles. The van der Waals surface area contributed by atoms with Crippen molar-refractivity contribution in [2.75, 3.05) is 0 Å². The second-order valence-electron chi connectivity index (χ2n) is 8.76. The normalized spacial score (nSPS) is 57.9. The molecule has 0 unspecified atom stereocenters. The van der Waals surface area contributed by atoms with Gasteiger partial charge in [-0.1, -0.05) is 32.4 Å². The van der Waals surface area contributed by atoms with Crippen LogP contribution in [-0.2, 0) is 0 Å². The first-order valence-corrected chi connectivity index (χ1v) is 8.90. The Hall–Kier alpha value is -0.300. The van der Waals surface area contributed by atoms with E-state index in [9.17, 15) is 5.11 Å². The van der Waals surface area contributed by atoms with Crippen molar-refractivity contribution in [3.63, 3.8) is 0 Å². The Kier molecular flexibility index (Phi) is 2.91. The molecule has 1 heteroatoms. The van der Waals surface area contributed by atoms with Gasteiger partial charge in [0.1, 0.15) is 0 Å². The Balaban J connectivity index is 1.67. The number of hydrogen-bond donors (Lipinski definition) is 1. The van der Waals surface area contributed by atoms with E-state index in [0.29, 0.717) is 10.8 Å². The van der Waals surface area contributed by atoms with Crippen molar-refractivity contribution in [3.8, 4) is 0 Å². The molecule has 4 aliphatic rings. The predicted molar refractivity (Wildman–Crippen MR) is 82.3 cm³/mol. The molecule has 0 amide bonds. The number of rotatable bonds is 0. The lowest BCUT2D eigenvalue weighted by Crippen LogP contribution is -2.51. The molecule has 0 radical (unpaired) electrons. The van der Waals surface area contributed by atoms with E-state index in [1.807, 2.05) is 0 Å². The van der Waals surface area contributed by atoms with E-state index >= 15 is 0 Å². The average molecular weight is 274 g/mol. The van der Waals surface area contributed by atoms with Crippen LogP contribution in [-0.4, -0.2) is 11.2 Å². The van der Waals surface area contributed by atoms with E-state index in [1.54, 1.807) is 0 Å². The van der Waals surface area contributed by atoms with Gasteiger partial charge in [-0.2, -0.15) is 0 Å². The molecule has 0 bridgehead atoms. The lowest BCUT2D eigenvalue weighted by molar-refractivity contribution is -0.0760. The van der Waals surface area contributed by atoms with Crippen molar-refractivity contribution in [3.05, 3.63) is 12.2 Å². The molecule has 0 heterocycles. The van der Waals surface area contributed by atoms with Crippen LogP contribution in [0, 0.1) is 34.5 Å². The van der Waals surface area contributed by atoms with Crippen molar-refractivity contribution in [2.24, 2.45) is 34.5 Å². The second-order valence-corrected chi connectivity index (χ2v) is 8.76. The number of fused-ring (bicyclic) bond motifs is 5. The molecule has 4 aliphatic carbocycles. The van der Waals surface area contributed by atoms with Gasteiger partial charge in [-0.3, -0.25) is 0 Å². The highest BCUT2D eigenvalue weighted by molar-refractivity contribution is 5.16. The zero-order valence-electron chi connectivity index (χ0n) is 13.1. The van der Waals surface area contributed by atoms with E-state index in [0.717, 1.165) is 30.1 Å². The molecule has 0 spiro atoms. The van der Waals surface area contributed by atoms with Crippen LogP contribution < -0.4 is 0 Å². The summed E-state index contributed by atoms with van der Waals surface area (Å²) in [6.07, 6.45) is 15.5. The van der Waals surface area contributed by atoms with Crippen LogP contribution in [0.5, 0.6) is 0 Å². The summed E-state index contributed by atoms with van der Waals surface area (Å²) in [4.78, 5) is 0. The molecule has 1 N–H and O–H groups in total. The van der Waals surface area contributed by atoms with Gasteiger partial charge in [0.25, 0.3) is 0 Å². The molecule has 20 heavy (non-hydrogen) atoms. The number of aliphatic hydroxyl groups excluding tert-OH is 1. The summed E-state index contributed by atoms with van der Waals surface area (Å²) in [5.41, 5.74) is 1.05. The van der Waals surface area contributed by atoms with E-state index in [4.69, 9.17) is 0 Å². The highest BCUT2D eigenvalue weighted by atomic mass is 16.3. The van der Waals surface area contributed by atoms with Crippen LogP contribution in [0.15, 0.2) is 12.2 Å². The van der Waals surface area contributed by atoms with Crippen LogP contribution in [0.2, 0.25) is 0 Å². The molecule has 1 nitrogen and oxygen atoms in total. The molecule has 0 aromatic carbocycles. The van der Waals surface area contributed by atoms with E-state index in [-0.39, 0.29) is 6.10 Å². The quantitative estimate of drug-likeness (QED) is 0.642. The maximum atomic E-state index is 9.96. The van der Waals surface area contributed by atoms with E-state index in [2.05, 4.69) is 26.0 Å². The van der Waals surface area contributed by atoms with Crippen molar-refractivity contribution < 1.29 is 5.11 Å². The van der Waals surface area contributed by atoms with Gasteiger partial charge < -0.3 is 5.11 Å². The molecule has 3 fully saturated rings. The lowest BCUT2D eigenvalue weighted by Gasteiger charge is -2.58. The Bertz CT molecular complexity index is 427. The fourth-order valence-corrected chi connectivity index (χ4v) is 6.78. The summed E-state index contributed by atoms with van der Waals surface area (Å²) in [5.74, 6) is 3.59. The zero-order chi connectivity index (χ0) is 14.0. The number of hydrogen-bond acceptors (Lipinski definition) is 1. The van der Waals surface area contributed by atoms with Crippen LogP contribution in [0.4, 0.5) is 0 Å². The van der Waals surface area contributed by atoms with Crippen LogP contribution >= 0.6 is 0 Å². The van der Waals surface area contributed by atoms with Gasteiger partial charge in [0, 0.05) is 0 Å². The maximum absolute atomic E-state index is 9.96. The van der Waals surface area contributed by atoms with E-state index in [1.165, 1.54) is 44.9 Å². The standard InChI is InChI=1S/C19H30O/c1-18-9-3-4-16(18)15-6-5-13-12-14(20)7-11-19(13,2)17(15)8-10-18/h7,11,13-17,20H,3-6,8-10,12H2,1-2H3/t13-,14+,15-,16+,17-,18+,19+/m0/s1. The minimum atomic E-state index is -0.176. The average Bonchev–Trinajstić information content (AvgIpc) is 2.81. The van der Waals surface area contributed by atoms with Gasteiger partial charge in [0.2, 0.25) is 0 Å². The minimum absolute atomic E-state index is 0.176. The zero-order valence-corrected chi connectivity index (χ0v) is 13.1. The third kappa shape index (κ3) is 1.71. The van der Waals surface area contributed by atoms with Crippen molar-refractivity contribution >= 4 is 0 Å². The second kappa shape index (κ2) is 4.35. The number of allylic oxidation sites excluding steroid dienone is 1. The molecule has 112 valence electrons. The smallest absolute Gasteiger partial charge is 0.0724 e. The number of aliphatic hydroxyl groups is 1. The van der Waals surface area contributed by atoms with Gasteiger partial charge in [-0.25, -0.2) is 0 Å². The SMILES string of the molecule is C[C@]12CCC[C@@H]1[C@@H]1CC[C@H]3C[C@H](O)C=C[C@@]3(C)[C@H]1CC2. The van der Waals surface area contributed by atoms with Gasteiger partial charge in [-0.15, -0.1) is 0 Å². The Labute approximate surface area is 123 Å².